The summed E-state index contributed by atoms with van der Waals surface area (Å²) in [5, 5.41) is 0. The van der Waals surface area contributed by atoms with Gasteiger partial charge >= 0.3 is 5.97 Å². The van der Waals surface area contributed by atoms with E-state index in [1.165, 1.54) is 26.4 Å². The van der Waals surface area contributed by atoms with Gasteiger partial charge in [-0.2, -0.15) is 0 Å². The van der Waals surface area contributed by atoms with E-state index in [4.69, 9.17) is 14.2 Å². The highest BCUT2D eigenvalue weighted by molar-refractivity contribution is 5.93. The molecule has 0 aliphatic carbocycles. The van der Waals surface area contributed by atoms with Gasteiger partial charge in [-0.25, -0.2) is 9.18 Å². The molecule has 34 heavy (non-hydrogen) atoms. The van der Waals surface area contributed by atoms with Gasteiger partial charge in [0.15, 0.2) is 11.6 Å². The third kappa shape index (κ3) is 5.12. The molecule has 0 saturated heterocycles. The first-order valence-electron chi connectivity index (χ1n) is 11.1. The number of halogens is 1. The summed E-state index contributed by atoms with van der Waals surface area (Å²) in [5.41, 5.74) is 2.35. The van der Waals surface area contributed by atoms with Crippen molar-refractivity contribution in [2.45, 2.75) is 26.1 Å². The molecule has 2 heterocycles. The number of fused-ring (bicyclic) bond motifs is 1. The number of aromatic nitrogens is 1. The lowest BCUT2D eigenvalue weighted by Crippen LogP contribution is -2.29. The highest BCUT2D eigenvalue weighted by Gasteiger charge is 2.26. The zero-order valence-electron chi connectivity index (χ0n) is 19.3. The van der Waals surface area contributed by atoms with Crippen molar-refractivity contribution in [3.05, 3.63) is 93.2 Å². The zero-order chi connectivity index (χ0) is 24.1. The van der Waals surface area contributed by atoms with Crippen LogP contribution in [0.25, 0.3) is 0 Å². The van der Waals surface area contributed by atoms with Crippen molar-refractivity contribution in [1.82, 2.24) is 9.47 Å². The zero-order valence-corrected chi connectivity index (χ0v) is 19.3. The molecule has 0 spiro atoms. The Morgan fingerprint density at radius 3 is 2.47 bits per heavy atom. The van der Waals surface area contributed by atoms with E-state index >= 15 is 0 Å². The molecular weight excluding hydrogens is 439 g/mol. The molecular formula is C26H27FN2O5. The number of ether oxygens (including phenoxy) is 3. The summed E-state index contributed by atoms with van der Waals surface area (Å²) in [5.74, 6) is -0.540. The van der Waals surface area contributed by atoms with Crippen LogP contribution in [0.5, 0.6) is 11.5 Å². The summed E-state index contributed by atoms with van der Waals surface area (Å²) in [7, 11) is 2.74. The van der Waals surface area contributed by atoms with Crippen LogP contribution in [0.15, 0.2) is 59.4 Å². The van der Waals surface area contributed by atoms with Gasteiger partial charge in [0.25, 0.3) is 5.56 Å². The smallest absolute Gasteiger partial charge is 0.343 e. The number of methoxy groups -OCH3 is 2. The molecule has 1 aliphatic rings. The number of hydrogen-bond donors (Lipinski definition) is 0. The van der Waals surface area contributed by atoms with Crippen molar-refractivity contribution in [2.24, 2.45) is 0 Å². The first kappa shape index (κ1) is 23.5. The largest absolute Gasteiger partial charge is 0.494 e. The first-order chi connectivity index (χ1) is 16.5. The molecule has 1 aliphatic heterocycles. The molecule has 0 atom stereocenters. The van der Waals surface area contributed by atoms with E-state index in [0.29, 0.717) is 38.3 Å². The summed E-state index contributed by atoms with van der Waals surface area (Å²) >= 11 is 0. The normalized spacial score (nSPS) is 13.6. The molecule has 7 nitrogen and oxygen atoms in total. The predicted molar refractivity (Wildman–Crippen MR) is 125 cm³/mol. The van der Waals surface area contributed by atoms with Gasteiger partial charge < -0.3 is 18.8 Å². The summed E-state index contributed by atoms with van der Waals surface area (Å²) < 4.78 is 31.7. The molecule has 0 bridgehead atoms. The van der Waals surface area contributed by atoms with Crippen molar-refractivity contribution in [3.8, 4) is 11.5 Å². The van der Waals surface area contributed by atoms with Crippen LogP contribution < -0.4 is 15.0 Å². The number of esters is 1. The van der Waals surface area contributed by atoms with Crippen LogP contribution in [0, 0.1) is 5.82 Å². The molecule has 178 valence electrons. The minimum atomic E-state index is -0.544. The quantitative estimate of drug-likeness (QED) is 0.497. The van der Waals surface area contributed by atoms with Crippen LogP contribution in [0.2, 0.25) is 0 Å². The molecule has 0 saturated carbocycles. The van der Waals surface area contributed by atoms with Crippen molar-refractivity contribution in [1.29, 1.82) is 0 Å². The number of carbonyl (C=O) groups is 1. The van der Waals surface area contributed by atoms with Crippen LogP contribution in [0.1, 0.15) is 27.2 Å². The lowest BCUT2D eigenvalue weighted by molar-refractivity contribution is 0.0592. The monoisotopic (exact) mass is 466 g/mol. The number of hydrogen-bond acceptors (Lipinski definition) is 6. The minimum absolute atomic E-state index is 0.198. The maximum atomic E-state index is 14.1. The van der Waals surface area contributed by atoms with Crippen molar-refractivity contribution in [2.75, 3.05) is 27.3 Å². The van der Waals surface area contributed by atoms with Gasteiger partial charge in [0.05, 0.1) is 14.2 Å². The van der Waals surface area contributed by atoms with E-state index in [1.807, 2.05) is 36.4 Å². The van der Waals surface area contributed by atoms with Gasteiger partial charge in [-0.05, 0) is 23.3 Å². The van der Waals surface area contributed by atoms with Crippen molar-refractivity contribution >= 4 is 5.97 Å². The van der Waals surface area contributed by atoms with Crippen molar-refractivity contribution < 1.29 is 23.4 Å². The molecule has 0 radical (unpaired) electrons. The van der Waals surface area contributed by atoms with E-state index < -0.39 is 11.8 Å². The fourth-order valence-corrected chi connectivity index (χ4v) is 4.19. The second-order valence-electron chi connectivity index (χ2n) is 8.08. The Morgan fingerprint density at radius 2 is 1.76 bits per heavy atom. The fraction of sp³-hybridized carbons (Fsp3) is 0.308. The fourth-order valence-electron chi connectivity index (χ4n) is 4.19. The Labute approximate surface area is 197 Å². The van der Waals surface area contributed by atoms with Gasteiger partial charge in [-0.1, -0.05) is 36.4 Å². The van der Waals surface area contributed by atoms with Crippen LogP contribution >= 0.6 is 0 Å². The molecule has 0 N–H and O–H groups in total. The van der Waals surface area contributed by atoms with Crippen LogP contribution in [-0.2, 0) is 30.9 Å². The van der Waals surface area contributed by atoms with E-state index in [0.717, 1.165) is 11.1 Å². The topological polar surface area (TPSA) is 70.0 Å². The Balaban J connectivity index is 1.58. The lowest BCUT2D eigenvalue weighted by Gasteiger charge is -2.19. The Hall–Kier alpha value is -3.65. The maximum absolute atomic E-state index is 14.1. The Morgan fingerprint density at radius 1 is 0.971 bits per heavy atom. The number of pyridine rings is 1. The maximum Gasteiger partial charge on any atom is 0.343 e. The standard InChI is InChI=1S/C26H27FN2O5/c1-32-22-9-8-19(14-20(22)27)16-28-11-10-21-25(26(31)33-2)23(15-24(30)29(21)13-12-28)34-17-18-6-4-3-5-7-18/h3-9,14-15H,10-13,16-17H2,1-2H3. The Bertz CT molecular complexity index is 1230. The summed E-state index contributed by atoms with van der Waals surface area (Å²) in [6.07, 6.45) is 0.445. The molecule has 1 aromatic heterocycles. The predicted octanol–water partition coefficient (Wildman–Crippen LogP) is 3.42. The molecule has 4 rings (SSSR count). The van der Waals surface area contributed by atoms with Gasteiger partial charge in [0.2, 0.25) is 0 Å². The lowest BCUT2D eigenvalue weighted by atomic mass is 10.1. The van der Waals surface area contributed by atoms with Crippen molar-refractivity contribution in [3.63, 3.8) is 0 Å². The second-order valence-corrected chi connectivity index (χ2v) is 8.08. The number of rotatable bonds is 7. The van der Waals surface area contributed by atoms with E-state index in [2.05, 4.69) is 4.90 Å². The van der Waals surface area contributed by atoms with Gasteiger partial charge in [-0.15, -0.1) is 0 Å². The molecule has 0 fully saturated rings. The van der Waals surface area contributed by atoms with Gasteiger partial charge in [0, 0.05) is 44.4 Å². The number of nitrogens with zero attached hydrogens (tertiary/aromatic N) is 2. The van der Waals surface area contributed by atoms with Gasteiger partial charge in [0.1, 0.15) is 17.9 Å². The molecule has 8 heteroatoms. The number of benzene rings is 2. The van der Waals surface area contributed by atoms with Gasteiger partial charge in [-0.3, -0.25) is 9.69 Å². The SMILES string of the molecule is COC(=O)c1c(OCc2ccccc2)cc(=O)n2c1CCN(Cc1ccc(OC)c(F)c1)CC2. The average molecular weight is 467 g/mol. The molecule has 0 amide bonds. The van der Waals surface area contributed by atoms with Crippen LogP contribution in [-0.4, -0.2) is 42.7 Å². The second kappa shape index (κ2) is 10.5. The first-order valence-corrected chi connectivity index (χ1v) is 11.1. The summed E-state index contributed by atoms with van der Waals surface area (Å²) in [6, 6.07) is 15.8. The third-order valence-electron chi connectivity index (χ3n) is 5.94. The summed E-state index contributed by atoms with van der Waals surface area (Å²) in [6.45, 7) is 2.29. The highest BCUT2D eigenvalue weighted by Crippen LogP contribution is 2.26. The summed E-state index contributed by atoms with van der Waals surface area (Å²) in [4.78, 5) is 27.8. The average Bonchev–Trinajstić information content (AvgIpc) is 3.06. The minimum Gasteiger partial charge on any atom is -0.494 e. The van der Waals surface area contributed by atoms with Crippen LogP contribution in [0.3, 0.4) is 0 Å². The molecule has 0 unspecified atom stereocenters. The molecule has 2 aromatic carbocycles. The number of carbonyl (C=O) groups excluding carboxylic acids is 1. The van der Waals surface area contributed by atoms with Crippen LogP contribution in [0.4, 0.5) is 4.39 Å². The highest BCUT2D eigenvalue weighted by atomic mass is 19.1. The molecule has 3 aromatic rings. The van der Waals surface area contributed by atoms with E-state index in [-0.39, 0.29) is 29.2 Å². The third-order valence-corrected chi connectivity index (χ3v) is 5.94. The Kier molecular flexibility index (Phi) is 7.27. The van der Waals surface area contributed by atoms with E-state index in [9.17, 15) is 14.0 Å². The van der Waals surface area contributed by atoms with E-state index in [1.54, 1.807) is 10.6 Å².